The van der Waals surface area contributed by atoms with Crippen molar-refractivity contribution < 1.29 is 4.79 Å². The molecule has 7 nitrogen and oxygen atoms in total. The Labute approximate surface area is 158 Å². The molecule has 146 valence electrons. The zero-order chi connectivity index (χ0) is 19.2. The van der Waals surface area contributed by atoms with Crippen molar-refractivity contribution in [2.24, 2.45) is 5.92 Å². The van der Waals surface area contributed by atoms with Gasteiger partial charge in [0.25, 0.3) is 5.56 Å². The zero-order valence-corrected chi connectivity index (χ0v) is 15.9. The Balaban J connectivity index is 1.53. The third kappa shape index (κ3) is 5.07. The van der Waals surface area contributed by atoms with Crippen LogP contribution in [-0.4, -0.2) is 46.5 Å². The molecule has 0 saturated carbocycles. The van der Waals surface area contributed by atoms with Gasteiger partial charge in [0.2, 0.25) is 5.91 Å². The highest BCUT2D eigenvalue weighted by Crippen LogP contribution is 2.11. The lowest BCUT2D eigenvalue weighted by molar-refractivity contribution is -0.121. The van der Waals surface area contributed by atoms with Crippen LogP contribution in [0, 0.1) is 5.92 Å². The average molecular weight is 372 g/mol. The van der Waals surface area contributed by atoms with Gasteiger partial charge in [0.15, 0.2) is 0 Å². The molecule has 1 saturated heterocycles. The molecule has 0 radical (unpaired) electrons. The van der Waals surface area contributed by atoms with E-state index in [-0.39, 0.29) is 18.9 Å². The minimum absolute atomic E-state index is 0.0809. The number of aromatic amines is 1. The quantitative estimate of drug-likeness (QED) is 0.767. The molecule has 0 spiro atoms. The topological polar surface area (TPSA) is 87.2 Å². The molecule has 1 aromatic heterocycles. The number of amides is 1. The summed E-state index contributed by atoms with van der Waals surface area (Å²) in [5.74, 6) is 0.311. The van der Waals surface area contributed by atoms with Gasteiger partial charge in [-0.2, -0.15) is 0 Å². The van der Waals surface area contributed by atoms with Gasteiger partial charge in [-0.05, 0) is 44.0 Å². The molecule has 3 rings (SSSR count). The van der Waals surface area contributed by atoms with Crippen LogP contribution in [0.4, 0.5) is 0 Å². The lowest BCUT2D eigenvalue weighted by Gasteiger charge is -2.29. The van der Waals surface area contributed by atoms with E-state index in [0.29, 0.717) is 23.4 Å². The van der Waals surface area contributed by atoms with Crippen molar-refractivity contribution in [1.29, 1.82) is 0 Å². The SMILES string of the molecule is CC(CNC(=O)CCn1c(=O)[nH]c(=O)c2ccccc21)CN1CCCCC1. The van der Waals surface area contributed by atoms with Crippen LogP contribution in [0.15, 0.2) is 33.9 Å². The predicted molar refractivity (Wildman–Crippen MR) is 106 cm³/mol. The van der Waals surface area contributed by atoms with Crippen molar-refractivity contribution in [3.05, 3.63) is 45.1 Å². The summed E-state index contributed by atoms with van der Waals surface area (Å²) in [6.45, 7) is 6.33. The number of carbonyl (C=O) groups is 1. The largest absolute Gasteiger partial charge is 0.356 e. The number of nitrogens with zero attached hydrogens (tertiary/aromatic N) is 2. The molecule has 2 aromatic rings. The summed E-state index contributed by atoms with van der Waals surface area (Å²) in [4.78, 5) is 41.0. The number of nitrogens with one attached hydrogen (secondary N) is 2. The lowest BCUT2D eigenvalue weighted by Crippen LogP contribution is -2.38. The molecule has 0 bridgehead atoms. The number of aryl methyl sites for hydroxylation is 1. The molecule has 1 aliphatic heterocycles. The summed E-state index contributed by atoms with van der Waals surface area (Å²) < 4.78 is 1.45. The van der Waals surface area contributed by atoms with Crippen LogP contribution in [0.2, 0.25) is 0 Å². The molecule has 1 atom stereocenters. The molecule has 7 heteroatoms. The van der Waals surface area contributed by atoms with E-state index in [1.54, 1.807) is 24.3 Å². The van der Waals surface area contributed by atoms with E-state index in [4.69, 9.17) is 0 Å². The Morgan fingerprint density at radius 3 is 2.70 bits per heavy atom. The van der Waals surface area contributed by atoms with Crippen LogP contribution < -0.4 is 16.6 Å². The molecular weight excluding hydrogens is 344 g/mol. The van der Waals surface area contributed by atoms with E-state index in [1.165, 1.54) is 23.8 Å². The number of carbonyl (C=O) groups excluding carboxylic acids is 1. The van der Waals surface area contributed by atoms with Crippen molar-refractivity contribution in [3.8, 4) is 0 Å². The third-order valence-corrected chi connectivity index (χ3v) is 5.13. The summed E-state index contributed by atoms with van der Waals surface area (Å²) in [5, 5.41) is 3.42. The molecule has 1 fully saturated rings. The monoisotopic (exact) mass is 372 g/mol. The van der Waals surface area contributed by atoms with Gasteiger partial charge in [-0.1, -0.05) is 25.5 Å². The van der Waals surface area contributed by atoms with E-state index in [9.17, 15) is 14.4 Å². The maximum atomic E-state index is 12.2. The van der Waals surface area contributed by atoms with Crippen LogP contribution in [0.5, 0.6) is 0 Å². The van der Waals surface area contributed by atoms with Crippen LogP contribution in [0.1, 0.15) is 32.6 Å². The van der Waals surface area contributed by atoms with Gasteiger partial charge >= 0.3 is 5.69 Å². The Morgan fingerprint density at radius 1 is 1.19 bits per heavy atom. The van der Waals surface area contributed by atoms with Crippen LogP contribution >= 0.6 is 0 Å². The fraction of sp³-hybridized carbons (Fsp3) is 0.550. The second-order valence-corrected chi connectivity index (χ2v) is 7.45. The first-order valence-corrected chi connectivity index (χ1v) is 9.75. The summed E-state index contributed by atoms with van der Waals surface area (Å²) in [6.07, 6.45) is 4.05. The van der Waals surface area contributed by atoms with Gasteiger partial charge in [0, 0.05) is 26.1 Å². The number of hydrogen-bond acceptors (Lipinski definition) is 4. The molecule has 0 aliphatic carbocycles. The molecule has 1 unspecified atom stereocenters. The Hall–Kier alpha value is -2.41. The van der Waals surface area contributed by atoms with Crippen molar-refractivity contribution in [2.45, 2.75) is 39.2 Å². The maximum Gasteiger partial charge on any atom is 0.328 e. The van der Waals surface area contributed by atoms with E-state index < -0.39 is 11.2 Å². The van der Waals surface area contributed by atoms with Crippen molar-refractivity contribution >= 4 is 16.8 Å². The highest BCUT2D eigenvalue weighted by atomic mass is 16.2. The number of fused-ring (bicyclic) bond motifs is 1. The average Bonchev–Trinajstić information content (AvgIpc) is 2.67. The smallest absolute Gasteiger partial charge is 0.328 e. The van der Waals surface area contributed by atoms with Crippen LogP contribution in [-0.2, 0) is 11.3 Å². The van der Waals surface area contributed by atoms with Crippen molar-refractivity contribution in [3.63, 3.8) is 0 Å². The maximum absolute atomic E-state index is 12.2. The number of rotatable bonds is 7. The van der Waals surface area contributed by atoms with E-state index in [2.05, 4.69) is 22.1 Å². The number of piperidine rings is 1. The highest BCUT2D eigenvalue weighted by Gasteiger charge is 2.14. The second kappa shape index (κ2) is 8.99. The fourth-order valence-electron chi connectivity index (χ4n) is 3.70. The van der Waals surface area contributed by atoms with Gasteiger partial charge in [-0.15, -0.1) is 0 Å². The van der Waals surface area contributed by atoms with E-state index in [1.807, 2.05) is 0 Å². The summed E-state index contributed by atoms with van der Waals surface area (Å²) in [7, 11) is 0. The van der Waals surface area contributed by atoms with Gasteiger partial charge in [0.05, 0.1) is 10.9 Å². The lowest BCUT2D eigenvalue weighted by atomic mass is 10.1. The third-order valence-electron chi connectivity index (χ3n) is 5.13. The standard InChI is InChI=1S/C20H28N4O3/c1-15(14-23-10-5-2-6-11-23)13-21-18(25)9-12-24-17-8-4-3-7-16(17)19(26)22-20(24)27/h3-4,7-8,15H,2,5-6,9-14H2,1H3,(H,21,25)(H,22,26,27). The molecule has 2 heterocycles. The van der Waals surface area contributed by atoms with Crippen molar-refractivity contribution in [1.82, 2.24) is 19.8 Å². The number of likely N-dealkylation sites (tertiary alicyclic amines) is 1. The molecule has 27 heavy (non-hydrogen) atoms. The molecule has 2 N–H and O–H groups in total. The normalized spacial score (nSPS) is 16.3. The van der Waals surface area contributed by atoms with E-state index >= 15 is 0 Å². The number of H-pyrrole nitrogens is 1. The number of benzene rings is 1. The minimum atomic E-state index is -0.482. The summed E-state index contributed by atoms with van der Waals surface area (Å²) in [6, 6.07) is 6.93. The first-order chi connectivity index (χ1) is 13.0. The minimum Gasteiger partial charge on any atom is -0.356 e. The van der Waals surface area contributed by atoms with Gasteiger partial charge in [0.1, 0.15) is 0 Å². The van der Waals surface area contributed by atoms with E-state index in [0.717, 1.165) is 19.6 Å². The van der Waals surface area contributed by atoms with Crippen molar-refractivity contribution in [2.75, 3.05) is 26.2 Å². The first kappa shape index (κ1) is 19.4. The second-order valence-electron chi connectivity index (χ2n) is 7.45. The van der Waals surface area contributed by atoms with Crippen LogP contribution in [0.25, 0.3) is 10.9 Å². The molecule has 1 aliphatic rings. The number of para-hydroxylation sites is 1. The molecule has 1 amide bonds. The Kier molecular flexibility index (Phi) is 6.45. The molecular formula is C20H28N4O3. The van der Waals surface area contributed by atoms with Gasteiger partial charge in [-0.3, -0.25) is 19.1 Å². The molecule has 1 aromatic carbocycles. The van der Waals surface area contributed by atoms with Gasteiger partial charge < -0.3 is 10.2 Å². The fourth-order valence-corrected chi connectivity index (χ4v) is 3.70. The Morgan fingerprint density at radius 2 is 1.93 bits per heavy atom. The van der Waals surface area contributed by atoms with Crippen LogP contribution in [0.3, 0.4) is 0 Å². The zero-order valence-electron chi connectivity index (χ0n) is 15.9. The number of aromatic nitrogens is 2. The van der Waals surface area contributed by atoms with Gasteiger partial charge in [-0.25, -0.2) is 4.79 Å². The number of hydrogen-bond donors (Lipinski definition) is 2. The predicted octanol–water partition coefficient (Wildman–Crippen LogP) is 1.32. The Bertz CT molecular complexity index is 896. The summed E-state index contributed by atoms with van der Waals surface area (Å²) in [5.41, 5.74) is -0.328. The summed E-state index contributed by atoms with van der Waals surface area (Å²) >= 11 is 0. The first-order valence-electron chi connectivity index (χ1n) is 9.75. The highest BCUT2D eigenvalue weighted by molar-refractivity contribution is 5.78.